The molecule has 0 spiro atoms. The topological polar surface area (TPSA) is 9.23 Å². The molecule has 0 aromatic heterocycles. The summed E-state index contributed by atoms with van der Waals surface area (Å²) in [4.78, 5) is 0. The van der Waals surface area contributed by atoms with E-state index in [-0.39, 0.29) is 0 Å². The number of hydrogen-bond acceptors (Lipinski definition) is 1. The van der Waals surface area contributed by atoms with E-state index in [0.29, 0.717) is 5.04 Å². The highest BCUT2D eigenvalue weighted by atomic mass is 28.4. The van der Waals surface area contributed by atoms with E-state index in [1.54, 1.807) is 0 Å². The molecule has 0 bridgehead atoms. The summed E-state index contributed by atoms with van der Waals surface area (Å²) >= 11 is 0. The fraction of sp³-hybridized carbons (Fsp3) is 0.750. The van der Waals surface area contributed by atoms with Crippen LogP contribution in [0.2, 0.25) is 18.1 Å². The molecule has 0 aliphatic carbocycles. The first-order chi connectivity index (χ1) is 6.31. The summed E-state index contributed by atoms with van der Waals surface area (Å²) in [5.41, 5.74) is 2.78. The molecule has 82 valence electrons. The lowest BCUT2D eigenvalue weighted by Crippen LogP contribution is -2.40. The van der Waals surface area contributed by atoms with Gasteiger partial charge in [-0.3, -0.25) is 0 Å². The Hall–Kier alpha value is -0.303. The van der Waals surface area contributed by atoms with Gasteiger partial charge in [-0.1, -0.05) is 27.4 Å². The zero-order valence-corrected chi connectivity index (χ0v) is 11.3. The van der Waals surface area contributed by atoms with Crippen LogP contribution in [-0.2, 0) is 4.43 Å². The summed E-state index contributed by atoms with van der Waals surface area (Å²) in [6.45, 7) is 15.8. The van der Waals surface area contributed by atoms with Crippen molar-refractivity contribution in [1.82, 2.24) is 0 Å². The second-order valence-electron chi connectivity index (χ2n) is 5.16. The van der Waals surface area contributed by atoms with Crippen LogP contribution >= 0.6 is 0 Å². The molecule has 0 rings (SSSR count). The van der Waals surface area contributed by atoms with E-state index in [2.05, 4.69) is 46.2 Å². The normalized spacial score (nSPS) is 12.4. The van der Waals surface area contributed by atoms with Crippen molar-refractivity contribution in [2.24, 2.45) is 0 Å². The summed E-state index contributed by atoms with van der Waals surface area (Å²) < 4.78 is 6.01. The minimum Gasteiger partial charge on any atom is -0.417 e. The molecule has 0 aromatic rings. The molecule has 0 fully saturated rings. The summed E-state index contributed by atoms with van der Waals surface area (Å²) in [6, 6.07) is 0. The maximum absolute atomic E-state index is 6.01. The van der Waals surface area contributed by atoms with Crippen LogP contribution in [0.4, 0.5) is 0 Å². The Balaban J connectivity index is 3.83. The van der Waals surface area contributed by atoms with Crippen molar-refractivity contribution < 1.29 is 4.43 Å². The Morgan fingerprint density at radius 1 is 1.36 bits per heavy atom. The van der Waals surface area contributed by atoms with Gasteiger partial charge in [0.1, 0.15) is 0 Å². The van der Waals surface area contributed by atoms with E-state index in [0.717, 1.165) is 19.4 Å². The summed E-state index contributed by atoms with van der Waals surface area (Å²) in [5, 5.41) is 0.321. The van der Waals surface area contributed by atoms with E-state index >= 15 is 0 Å². The lowest BCUT2D eigenvalue weighted by Gasteiger charge is -2.36. The Morgan fingerprint density at radius 3 is 2.36 bits per heavy atom. The monoisotopic (exact) mass is 212 g/mol. The lowest BCUT2D eigenvalue weighted by molar-refractivity contribution is 0.283. The Kier molecular flexibility index (Phi) is 5.43. The summed E-state index contributed by atoms with van der Waals surface area (Å²) in [5.74, 6) is 0. The second-order valence-corrected chi connectivity index (χ2v) is 9.97. The highest BCUT2D eigenvalue weighted by Crippen LogP contribution is 2.36. The first kappa shape index (κ1) is 13.7. The third-order valence-electron chi connectivity index (χ3n) is 2.91. The van der Waals surface area contributed by atoms with Gasteiger partial charge in [0.25, 0.3) is 0 Å². The van der Waals surface area contributed by atoms with E-state index < -0.39 is 8.32 Å². The first-order valence-electron chi connectivity index (χ1n) is 5.29. The molecule has 0 atom stereocenters. The fourth-order valence-corrected chi connectivity index (χ4v) is 1.92. The van der Waals surface area contributed by atoms with Gasteiger partial charge in [-0.05, 0) is 37.0 Å². The first-order valence-corrected chi connectivity index (χ1v) is 8.20. The molecule has 0 N–H and O–H groups in total. The molecule has 0 amide bonds. The van der Waals surface area contributed by atoms with E-state index in [9.17, 15) is 0 Å². The predicted molar refractivity (Wildman–Crippen MR) is 66.1 cm³/mol. The van der Waals surface area contributed by atoms with E-state index in [1.165, 1.54) is 0 Å². The zero-order valence-electron chi connectivity index (χ0n) is 10.3. The van der Waals surface area contributed by atoms with Crippen LogP contribution in [0.25, 0.3) is 0 Å². The van der Waals surface area contributed by atoms with Crippen molar-refractivity contribution in [3.63, 3.8) is 0 Å². The minimum atomic E-state index is -1.52. The second kappa shape index (κ2) is 5.55. The van der Waals surface area contributed by atoms with Crippen LogP contribution in [0.3, 0.4) is 0 Å². The SMILES string of the molecule is C=C=CCCCO[Si](C)(C)C(C)(C)C. The third-order valence-corrected chi connectivity index (χ3v) is 7.44. The van der Waals surface area contributed by atoms with Gasteiger partial charge in [-0.15, -0.1) is 5.73 Å². The van der Waals surface area contributed by atoms with Gasteiger partial charge in [0, 0.05) is 6.61 Å². The van der Waals surface area contributed by atoms with Crippen molar-refractivity contribution in [3.8, 4) is 0 Å². The number of hydrogen-bond donors (Lipinski definition) is 0. The van der Waals surface area contributed by atoms with Crippen LogP contribution in [0, 0.1) is 0 Å². The molecular weight excluding hydrogens is 188 g/mol. The van der Waals surface area contributed by atoms with Crippen molar-refractivity contribution >= 4 is 8.32 Å². The summed E-state index contributed by atoms with van der Waals surface area (Å²) in [7, 11) is -1.52. The van der Waals surface area contributed by atoms with Crippen molar-refractivity contribution in [2.75, 3.05) is 6.61 Å². The number of unbranched alkanes of at least 4 members (excludes halogenated alkanes) is 1. The van der Waals surface area contributed by atoms with Gasteiger partial charge in [-0.2, -0.15) is 0 Å². The molecular formula is C12H24OSi. The average Bonchev–Trinajstić information content (AvgIpc) is 2.02. The van der Waals surface area contributed by atoms with Gasteiger partial charge in [0.2, 0.25) is 0 Å². The molecule has 2 heteroatoms. The maximum atomic E-state index is 6.01. The van der Waals surface area contributed by atoms with E-state index in [1.807, 2.05) is 6.08 Å². The smallest absolute Gasteiger partial charge is 0.191 e. The van der Waals surface area contributed by atoms with Gasteiger partial charge in [0.15, 0.2) is 8.32 Å². The van der Waals surface area contributed by atoms with Crippen LogP contribution in [0.5, 0.6) is 0 Å². The molecule has 1 nitrogen and oxygen atoms in total. The van der Waals surface area contributed by atoms with Gasteiger partial charge >= 0.3 is 0 Å². The molecule has 0 heterocycles. The van der Waals surface area contributed by atoms with Crippen LogP contribution in [-0.4, -0.2) is 14.9 Å². The number of rotatable bonds is 5. The lowest BCUT2D eigenvalue weighted by atomic mass is 10.2. The molecule has 0 aliphatic heterocycles. The van der Waals surface area contributed by atoms with Crippen molar-refractivity contribution in [3.05, 3.63) is 18.4 Å². The molecule has 0 aromatic carbocycles. The quantitative estimate of drug-likeness (QED) is 0.378. The largest absolute Gasteiger partial charge is 0.417 e. The number of allylic oxidation sites excluding steroid dienone is 1. The zero-order chi connectivity index (χ0) is 11.2. The Bertz CT molecular complexity index is 207. The molecule has 14 heavy (non-hydrogen) atoms. The standard InChI is InChI=1S/C12H24OSi/c1-7-8-9-10-11-13-14(5,6)12(2,3)4/h8H,1,9-11H2,2-6H3. The van der Waals surface area contributed by atoms with Crippen molar-refractivity contribution in [1.29, 1.82) is 0 Å². The Labute approximate surface area is 90.0 Å². The van der Waals surface area contributed by atoms with Gasteiger partial charge < -0.3 is 4.43 Å². The van der Waals surface area contributed by atoms with E-state index in [4.69, 9.17) is 4.43 Å². The molecule has 0 unspecified atom stereocenters. The minimum absolute atomic E-state index is 0.321. The third kappa shape index (κ3) is 4.80. The molecule has 0 radical (unpaired) electrons. The summed E-state index contributed by atoms with van der Waals surface area (Å²) in [6.07, 6.45) is 4.07. The van der Waals surface area contributed by atoms with Crippen molar-refractivity contribution in [2.45, 2.75) is 51.7 Å². The fourth-order valence-electron chi connectivity index (χ4n) is 0.831. The predicted octanol–water partition coefficient (Wildman–Crippen LogP) is 4.13. The maximum Gasteiger partial charge on any atom is 0.191 e. The highest BCUT2D eigenvalue weighted by molar-refractivity contribution is 6.74. The van der Waals surface area contributed by atoms with Crippen LogP contribution in [0.1, 0.15) is 33.6 Å². The molecule has 0 saturated heterocycles. The van der Waals surface area contributed by atoms with Crippen LogP contribution < -0.4 is 0 Å². The highest BCUT2D eigenvalue weighted by Gasteiger charge is 2.36. The Morgan fingerprint density at radius 2 is 1.93 bits per heavy atom. The molecule has 0 aliphatic rings. The van der Waals surface area contributed by atoms with Gasteiger partial charge in [-0.25, -0.2) is 0 Å². The molecule has 0 saturated carbocycles. The van der Waals surface area contributed by atoms with Crippen LogP contribution in [0.15, 0.2) is 18.4 Å². The van der Waals surface area contributed by atoms with Gasteiger partial charge in [0.05, 0.1) is 0 Å². The average molecular weight is 212 g/mol.